The van der Waals surface area contributed by atoms with Crippen molar-refractivity contribution in [3.8, 4) is 5.75 Å². The van der Waals surface area contributed by atoms with E-state index >= 15 is 0 Å². The van der Waals surface area contributed by atoms with Crippen molar-refractivity contribution in [3.63, 3.8) is 0 Å². The minimum Gasteiger partial charge on any atom is -0.548 e. The minimum absolute atomic E-state index is 0.00310. The maximum Gasteiger partial charge on any atom is 0.387 e. The van der Waals surface area contributed by atoms with Crippen molar-refractivity contribution in [2.75, 3.05) is 6.54 Å². The number of rotatable bonds is 5. The van der Waals surface area contributed by atoms with Crippen LogP contribution >= 0.6 is 24.0 Å². The Kier molecular flexibility index (Phi) is 5.09. The van der Waals surface area contributed by atoms with E-state index in [1.165, 1.54) is 30.3 Å². The summed E-state index contributed by atoms with van der Waals surface area (Å²) in [6.07, 6.45) is 1.49. The Morgan fingerprint density at radius 3 is 2.59 bits per heavy atom. The Morgan fingerprint density at radius 2 is 2.05 bits per heavy atom. The molecule has 0 spiro atoms. The van der Waals surface area contributed by atoms with Crippen LogP contribution < -0.4 is 9.84 Å². The molecule has 1 amide bonds. The van der Waals surface area contributed by atoms with Gasteiger partial charge in [-0.25, -0.2) is 0 Å². The van der Waals surface area contributed by atoms with Gasteiger partial charge in [-0.3, -0.25) is 9.69 Å². The van der Waals surface area contributed by atoms with E-state index in [1.807, 2.05) is 0 Å². The first-order chi connectivity index (χ1) is 10.4. The normalized spacial score (nSPS) is 16.7. The van der Waals surface area contributed by atoms with Crippen molar-refractivity contribution in [2.45, 2.75) is 6.61 Å². The van der Waals surface area contributed by atoms with Crippen molar-refractivity contribution in [1.82, 2.24) is 4.90 Å². The SMILES string of the molecule is O=C([O-])CN1C(=O)/C(=C\c2ccc(OC(F)F)cc2)SC1=S. The number of thioether (sulfide) groups is 1. The number of carbonyl (C=O) groups is 2. The lowest BCUT2D eigenvalue weighted by atomic mass is 10.2. The van der Waals surface area contributed by atoms with Gasteiger partial charge in [0, 0.05) is 0 Å². The van der Waals surface area contributed by atoms with Gasteiger partial charge in [0.15, 0.2) is 0 Å². The third-order valence-electron chi connectivity index (χ3n) is 2.56. The molecule has 0 radical (unpaired) electrons. The van der Waals surface area contributed by atoms with Crippen LogP contribution in [0.2, 0.25) is 0 Å². The zero-order valence-corrected chi connectivity index (χ0v) is 12.5. The summed E-state index contributed by atoms with van der Waals surface area (Å²) in [4.78, 5) is 23.7. The molecule has 1 aromatic rings. The average molecular weight is 344 g/mol. The van der Waals surface area contributed by atoms with E-state index in [-0.39, 0.29) is 15.0 Å². The number of thiocarbonyl (C=S) groups is 1. The largest absolute Gasteiger partial charge is 0.548 e. The monoisotopic (exact) mass is 344 g/mol. The smallest absolute Gasteiger partial charge is 0.387 e. The van der Waals surface area contributed by atoms with E-state index in [4.69, 9.17) is 12.2 Å². The van der Waals surface area contributed by atoms with E-state index in [1.54, 1.807) is 0 Å². The fourth-order valence-corrected chi connectivity index (χ4v) is 2.92. The number of ether oxygens (including phenoxy) is 1. The second-order valence-corrected chi connectivity index (χ2v) is 5.76. The standard InChI is InChI=1S/C13H9F2NO4S2/c14-12(15)20-8-3-1-7(2-4-8)5-9-11(19)16(6-10(17)18)13(21)22-9/h1-5,12H,6H2,(H,17,18)/p-1/b9-5+. The molecule has 0 aliphatic carbocycles. The predicted octanol–water partition coefficient (Wildman–Crippen LogP) is 1.24. The predicted molar refractivity (Wildman–Crippen MR) is 78.0 cm³/mol. The number of amides is 1. The van der Waals surface area contributed by atoms with Gasteiger partial charge in [-0.05, 0) is 23.8 Å². The second-order valence-electron chi connectivity index (χ2n) is 4.09. The third kappa shape index (κ3) is 4.01. The summed E-state index contributed by atoms with van der Waals surface area (Å²) in [6, 6.07) is 5.64. The summed E-state index contributed by atoms with van der Waals surface area (Å²) in [6.45, 7) is -3.52. The fourth-order valence-electron chi connectivity index (χ4n) is 1.66. The number of nitrogens with zero attached hydrogens (tertiary/aromatic N) is 1. The minimum atomic E-state index is -2.91. The molecule has 22 heavy (non-hydrogen) atoms. The number of alkyl halides is 2. The number of hydrogen-bond acceptors (Lipinski definition) is 6. The lowest BCUT2D eigenvalue weighted by Crippen LogP contribution is -2.40. The lowest BCUT2D eigenvalue weighted by molar-refractivity contribution is -0.305. The summed E-state index contributed by atoms with van der Waals surface area (Å²) in [5, 5.41) is 10.6. The number of carboxylic acids is 1. The van der Waals surface area contributed by atoms with Gasteiger partial charge in [-0.2, -0.15) is 8.78 Å². The van der Waals surface area contributed by atoms with Crippen LogP contribution in [-0.4, -0.2) is 34.3 Å². The molecule has 0 bridgehead atoms. The van der Waals surface area contributed by atoms with Crippen LogP contribution in [0.15, 0.2) is 29.2 Å². The Hall–Kier alpha value is -2.00. The molecule has 1 heterocycles. The first-order valence-corrected chi connectivity index (χ1v) is 7.09. The number of halogens is 2. The first kappa shape index (κ1) is 16.4. The molecule has 1 fully saturated rings. The number of hydrogen-bond donors (Lipinski definition) is 0. The van der Waals surface area contributed by atoms with E-state index in [2.05, 4.69) is 4.74 Å². The Bertz CT molecular complexity index is 646. The van der Waals surface area contributed by atoms with Crippen LogP contribution in [0.3, 0.4) is 0 Å². The van der Waals surface area contributed by atoms with Gasteiger partial charge in [-0.1, -0.05) is 36.1 Å². The summed E-state index contributed by atoms with van der Waals surface area (Å²) in [7, 11) is 0. The molecule has 0 N–H and O–H groups in total. The number of carboxylic acid groups (broad SMARTS) is 1. The molecular formula is C13H8F2NO4S2-. The second kappa shape index (κ2) is 6.84. The molecule has 2 rings (SSSR count). The lowest BCUT2D eigenvalue weighted by Gasteiger charge is -2.14. The molecule has 116 valence electrons. The van der Waals surface area contributed by atoms with Crippen molar-refractivity contribution in [1.29, 1.82) is 0 Å². The van der Waals surface area contributed by atoms with Crippen molar-refractivity contribution in [3.05, 3.63) is 34.7 Å². The molecule has 0 unspecified atom stereocenters. The molecule has 1 saturated heterocycles. The van der Waals surface area contributed by atoms with Crippen LogP contribution in [0.25, 0.3) is 6.08 Å². The topological polar surface area (TPSA) is 69.7 Å². The fraction of sp³-hybridized carbons (Fsp3) is 0.154. The summed E-state index contributed by atoms with van der Waals surface area (Å²) >= 11 is 5.89. The zero-order chi connectivity index (χ0) is 16.3. The molecule has 0 aromatic heterocycles. The molecule has 0 saturated carbocycles. The van der Waals surface area contributed by atoms with E-state index in [9.17, 15) is 23.5 Å². The Morgan fingerprint density at radius 1 is 1.41 bits per heavy atom. The van der Waals surface area contributed by atoms with Gasteiger partial charge in [0.1, 0.15) is 10.1 Å². The molecular weight excluding hydrogens is 336 g/mol. The quantitative estimate of drug-likeness (QED) is 0.591. The van der Waals surface area contributed by atoms with Crippen LogP contribution in [0.4, 0.5) is 8.78 Å². The van der Waals surface area contributed by atoms with Crippen LogP contribution in [0, 0.1) is 0 Å². The van der Waals surface area contributed by atoms with E-state index in [0.29, 0.717) is 5.56 Å². The van der Waals surface area contributed by atoms with Crippen LogP contribution in [-0.2, 0) is 9.59 Å². The van der Waals surface area contributed by atoms with Gasteiger partial charge < -0.3 is 14.6 Å². The number of aliphatic carboxylic acids is 1. The average Bonchev–Trinajstić information content (AvgIpc) is 2.68. The molecule has 1 aliphatic heterocycles. The van der Waals surface area contributed by atoms with E-state index in [0.717, 1.165) is 16.7 Å². The first-order valence-electron chi connectivity index (χ1n) is 5.87. The number of benzene rings is 1. The molecule has 5 nitrogen and oxygen atoms in total. The van der Waals surface area contributed by atoms with Crippen LogP contribution in [0.5, 0.6) is 5.75 Å². The molecule has 1 aromatic carbocycles. The van der Waals surface area contributed by atoms with Gasteiger partial charge in [0.05, 0.1) is 17.4 Å². The van der Waals surface area contributed by atoms with Gasteiger partial charge >= 0.3 is 6.61 Å². The van der Waals surface area contributed by atoms with Gasteiger partial charge in [0.2, 0.25) is 0 Å². The summed E-state index contributed by atoms with van der Waals surface area (Å²) in [5.41, 5.74) is 0.565. The summed E-state index contributed by atoms with van der Waals surface area (Å²) in [5.74, 6) is -1.95. The summed E-state index contributed by atoms with van der Waals surface area (Å²) < 4.78 is 28.4. The third-order valence-corrected chi connectivity index (χ3v) is 3.94. The van der Waals surface area contributed by atoms with Gasteiger partial charge in [0.25, 0.3) is 5.91 Å². The Balaban J connectivity index is 2.14. The zero-order valence-electron chi connectivity index (χ0n) is 10.8. The highest BCUT2D eigenvalue weighted by atomic mass is 32.2. The highest BCUT2D eigenvalue weighted by Crippen LogP contribution is 2.32. The van der Waals surface area contributed by atoms with Crippen molar-refractivity contribution in [2.24, 2.45) is 0 Å². The maximum atomic E-state index is 12.0. The molecule has 0 atom stereocenters. The van der Waals surface area contributed by atoms with E-state index < -0.39 is 25.0 Å². The highest BCUT2D eigenvalue weighted by molar-refractivity contribution is 8.26. The Labute approximate surface area is 133 Å². The van der Waals surface area contributed by atoms with Crippen LogP contribution in [0.1, 0.15) is 5.56 Å². The maximum absolute atomic E-state index is 12.0. The van der Waals surface area contributed by atoms with Gasteiger partial charge in [-0.15, -0.1) is 0 Å². The molecule has 9 heteroatoms. The molecule has 1 aliphatic rings. The number of carbonyl (C=O) groups excluding carboxylic acids is 2. The van der Waals surface area contributed by atoms with Crippen molar-refractivity contribution < 1.29 is 28.2 Å². The highest BCUT2D eigenvalue weighted by Gasteiger charge is 2.31. The van der Waals surface area contributed by atoms with Crippen molar-refractivity contribution >= 4 is 46.3 Å².